The molecule has 0 aromatic heterocycles. The molecule has 0 radical (unpaired) electrons. The van der Waals surface area contributed by atoms with Crippen molar-refractivity contribution in [3.8, 4) is 0 Å². The van der Waals surface area contributed by atoms with Crippen LogP contribution >= 0.6 is 46.4 Å². The van der Waals surface area contributed by atoms with E-state index in [1.54, 1.807) is 4.90 Å². The SMILES string of the molecule is O=C(OCC(Cl)(Cl)Cl)N1CCN(c2ccc(Cl)cc2)C[C@@H]1Cc1ccccc1. The number of rotatable bonds is 4. The van der Waals surface area contributed by atoms with Gasteiger partial charge in [0.1, 0.15) is 6.61 Å². The van der Waals surface area contributed by atoms with Crippen LogP contribution in [0.15, 0.2) is 54.6 Å². The van der Waals surface area contributed by atoms with Crippen molar-refractivity contribution in [1.29, 1.82) is 0 Å². The van der Waals surface area contributed by atoms with Crippen molar-refractivity contribution in [3.63, 3.8) is 0 Å². The Morgan fingerprint density at radius 1 is 1.04 bits per heavy atom. The zero-order valence-electron chi connectivity index (χ0n) is 15.0. The first-order valence-corrected chi connectivity index (χ1v) is 10.4. The molecule has 2 aromatic carbocycles. The third-order valence-corrected chi connectivity index (χ3v) is 5.16. The molecular weight excluding hydrogens is 442 g/mol. The van der Waals surface area contributed by atoms with Gasteiger partial charge < -0.3 is 14.5 Å². The van der Waals surface area contributed by atoms with E-state index in [0.717, 1.165) is 11.3 Å². The lowest BCUT2D eigenvalue weighted by Crippen LogP contribution is -2.56. The van der Waals surface area contributed by atoms with Gasteiger partial charge in [0.05, 0.1) is 6.04 Å². The lowest BCUT2D eigenvalue weighted by atomic mass is 10.0. The molecule has 0 saturated carbocycles. The lowest BCUT2D eigenvalue weighted by Gasteiger charge is -2.42. The van der Waals surface area contributed by atoms with Crippen LogP contribution in [0.5, 0.6) is 0 Å². The van der Waals surface area contributed by atoms with E-state index in [4.69, 9.17) is 51.1 Å². The molecule has 3 rings (SSSR count). The summed E-state index contributed by atoms with van der Waals surface area (Å²) < 4.78 is 3.60. The van der Waals surface area contributed by atoms with Crippen molar-refractivity contribution in [2.45, 2.75) is 16.3 Å². The first kappa shape index (κ1) is 21.4. The van der Waals surface area contributed by atoms with Crippen molar-refractivity contribution in [2.24, 2.45) is 0 Å². The number of carbonyl (C=O) groups excluding carboxylic acids is 1. The summed E-state index contributed by atoms with van der Waals surface area (Å²) in [5.41, 5.74) is 2.21. The van der Waals surface area contributed by atoms with E-state index in [0.29, 0.717) is 31.1 Å². The maximum atomic E-state index is 12.6. The number of anilines is 1. The van der Waals surface area contributed by atoms with Gasteiger partial charge in [0.25, 0.3) is 0 Å². The van der Waals surface area contributed by atoms with Crippen LogP contribution in [0.3, 0.4) is 0 Å². The highest BCUT2D eigenvalue weighted by molar-refractivity contribution is 6.67. The molecule has 1 fully saturated rings. The number of piperazine rings is 1. The van der Waals surface area contributed by atoms with E-state index in [-0.39, 0.29) is 12.6 Å². The standard InChI is InChI=1S/C20H20Cl4N2O2/c21-16-6-8-17(9-7-16)25-10-11-26(19(27)28-14-20(22,23)24)18(13-25)12-15-4-2-1-3-5-15/h1-9,18H,10-14H2/t18-/m0/s1. The summed E-state index contributed by atoms with van der Waals surface area (Å²) in [7, 11) is 0. The third kappa shape index (κ3) is 6.08. The van der Waals surface area contributed by atoms with E-state index in [9.17, 15) is 4.79 Å². The highest BCUT2D eigenvalue weighted by Gasteiger charge is 2.33. The monoisotopic (exact) mass is 460 g/mol. The number of alkyl halides is 3. The Labute approximate surface area is 184 Å². The molecule has 2 aromatic rings. The minimum Gasteiger partial charge on any atom is -0.445 e. The van der Waals surface area contributed by atoms with Gasteiger partial charge in [-0.05, 0) is 36.2 Å². The minimum atomic E-state index is -1.63. The number of ether oxygens (including phenoxy) is 1. The number of amides is 1. The normalized spacial score (nSPS) is 17.5. The Morgan fingerprint density at radius 3 is 2.36 bits per heavy atom. The molecular formula is C20H20Cl4N2O2. The fraction of sp³-hybridized carbons (Fsp3) is 0.350. The summed E-state index contributed by atoms with van der Waals surface area (Å²) in [5, 5.41) is 0.693. The van der Waals surface area contributed by atoms with Crippen LogP contribution in [0.4, 0.5) is 10.5 Å². The average molecular weight is 462 g/mol. The maximum absolute atomic E-state index is 12.6. The number of hydrogen-bond donors (Lipinski definition) is 0. The van der Waals surface area contributed by atoms with E-state index in [2.05, 4.69) is 4.90 Å². The predicted octanol–water partition coefficient (Wildman–Crippen LogP) is 5.58. The Hall–Kier alpha value is -1.33. The van der Waals surface area contributed by atoms with Crippen molar-refractivity contribution in [1.82, 2.24) is 4.90 Å². The second kappa shape index (κ2) is 9.45. The number of carbonyl (C=O) groups is 1. The maximum Gasteiger partial charge on any atom is 0.410 e. The van der Waals surface area contributed by atoms with E-state index in [1.165, 1.54) is 0 Å². The molecule has 0 spiro atoms. The van der Waals surface area contributed by atoms with Crippen molar-refractivity contribution in [3.05, 3.63) is 65.2 Å². The molecule has 1 aliphatic heterocycles. The largest absolute Gasteiger partial charge is 0.445 e. The van der Waals surface area contributed by atoms with Gasteiger partial charge in [-0.2, -0.15) is 0 Å². The number of benzene rings is 2. The second-order valence-corrected chi connectivity index (χ2v) is 9.58. The third-order valence-electron chi connectivity index (χ3n) is 4.58. The predicted molar refractivity (Wildman–Crippen MR) is 116 cm³/mol. The van der Waals surface area contributed by atoms with Crippen molar-refractivity contribution < 1.29 is 9.53 Å². The van der Waals surface area contributed by atoms with Crippen LogP contribution < -0.4 is 4.90 Å². The molecule has 1 atom stereocenters. The van der Waals surface area contributed by atoms with E-state index >= 15 is 0 Å². The fourth-order valence-corrected chi connectivity index (χ4v) is 3.56. The quantitative estimate of drug-likeness (QED) is 0.557. The van der Waals surface area contributed by atoms with Crippen LogP contribution in [0.2, 0.25) is 5.02 Å². The topological polar surface area (TPSA) is 32.8 Å². The van der Waals surface area contributed by atoms with Gasteiger partial charge in [-0.3, -0.25) is 0 Å². The van der Waals surface area contributed by atoms with Gasteiger partial charge in [0.15, 0.2) is 0 Å². The molecule has 0 aliphatic carbocycles. The van der Waals surface area contributed by atoms with Gasteiger partial charge in [-0.1, -0.05) is 76.7 Å². The fourth-order valence-electron chi connectivity index (χ4n) is 3.27. The molecule has 150 valence electrons. The Kier molecular flexibility index (Phi) is 7.21. The van der Waals surface area contributed by atoms with Gasteiger partial charge in [0.2, 0.25) is 3.79 Å². The smallest absolute Gasteiger partial charge is 0.410 e. The second-order valence-electron chi connectivity index (χ2n) is 6.63. The van der Waals surface area contributed by atoms with E-state index in [1.807, 2.05) is 54.6 Å². The Bertz CT molecular complexity index is 781. The minimum absolute atomic E-state index is 0.0743. The molecule has 4 nitrogen and oxygen atoms in total. The summed E-state index contributed by atoms with van der Waals surface area (Å²) in [4.78, 5) is 16.6. The molecule has 0 bridgehead atoms. The average Bonchev–Trinajstić information content (AvgIpc) is 2.67. The summed E-state index contributed by atoms with van der Waals surface area (Å²) in [6, 6.07) is 17.7. The highest BCUT2D eigenvalue weighted by atomic mass is 35.6. The molecule has 28 heavy (non-hydrogen) atoms. The first-order chi connectivity index (χ1) is 13.3. The summed E-state index contributed by atoms with van der Waals surface area (Å²) in [5.74, 6) is 0. The van der Waals surface area contributed by atoms with Gasteiger partial charge >= 0.3 is 6.09 Å². The van der Waals surface area contributed by atoms with Crippen LogP contribution in [-0.2, 0) is 11.2 Å². The van der Waals surface area contributed by atoms with Gasteiger partial charge in [-0.25, -0.2) is 4.79 Å². The van der Waals surface area contributed by atoms with Crippen molar-refractivity contribution >= 4 is 58.2 Å². The summed E-state index contributed by atoms with van der Waals surface area (Å²) >= 11 is 23.1. The van der Waals surface area contributed by atoms with Crippen LogP contribution in [0.1, 0.15) is 5.56 Å². The first-order valence-electron chi connectivity index (χ1n) is 8.86. The Balaban J connectivity index is 1.75. The lowest BCUT2D eigenvalue weighted by molar-refractivity contribution is 0.0828. The van der Waals surface area contributed by atoms with Gasteiger partial charge in [0, 0.05) is 30.3 Å². The molecule has 1 amide bonds. The summed E-state index contributed by atoms with van der Waals surface area (Å²) in [6.45, 7) is 1.57. The van der Waals surface area contributed by atoms with Crippen LogP contribution in [0, 0.1) is 0 Å². The van der Waals surface area contributed by atoms with Crippen LogP contribution in [0.25, 0.3) is 0 Å². The zero-order valence-corrected chi connectivity index (χ0v) is 18.1. The number of halogens is 4. The molecule has 0 N–H and O–H groups in total. The zero-order chi connectivity index (χ0) is 20.1. The van der Waals surface area contributed by atoms with Crippen molar-refractivity contribution in [2.75, 3.05) is 31.1 Å². The number of nitrogens with zero attached hydrogens (tertiary/aromatic N) is 2. The molecule has 8 heteroatoms. The Morgan fingerprint density at radius 2 is 1.71 bits per heavy atom. The molecule has 1 heterocycles. The van der Waals surface area contributed by atoms with E-state index < -0.39 is 9.89 Å². The molecule has 0 unspecified atom stereocenters. The van der Waals surface area contributed by atoms with Gasteiger partial charge in [-0.15, -0.1) is 0 Å². The molecule has 1 saturated heterocycles. The highest BCUT2D eigenvalue weighted by Crippen LogP contribution is 2.27. The molecule has 1 aliphatic rings. The number of hydrogen-bond acceptors (Lipinski definition) is 3. The summed E-state index contributed by atoms with van der Waals surface area (Å²) in [6.07, 6.45) is 0.233. The van der Waals surface area contributed by atoms with Crippen LogP contribution in [-0.4, -0.2) is 47.1 Å².